The van der Waals surface area contributed by atoms with E-state index in [1.54, 1.807) is 6.20 Å². The van der Waals surface area contributed by atoms with Gasteiger partial charge in [-0.05, 0) is 36.1 Å². The highest BCUT2D eigenvalue weighted by Gasteiger charge is 2.28. The summed E-state index contributed by atoms with van der Waals surface area (Å²) in [6.45, 7) is 7.91. The fraction of sp³-hybridized carbons (Fsp3) is 0.538. The number of hydrogen-bond donors (Lipinski definition) is 1. The molecule has 1 aliphatic heterocycles. The van der Waals surface area contributed by atoms with Crippen molar-refractivity contribution in [2.45, 2.75) is 26.8 Å². The van der Waals surface area contributed by atoms with E-state index in [4.69, 9.17) is 18.0 Å². The fourth-order valence-corrected chi connectivity index (χ4v) is 2.44. The van der Waals surface area contributed by atoms with E-state index in [2.05, 4.69) is 23.7 Å². The van der Waals surface area contributed by atoms with Crippen molar-refractivity contribution >= 4 is 17.2 Å². The average molecular weight is 249 g/mol. The van der Waals surface area contributed by atoms with Crippen LogP contribution in [0.5, 0.6) is 0 Å². The molecule has 1 fully saturated rings. The van der Waals surface area contributed by atoms with Crippen LogP contribution in [0.4, 0.5) is 0 Å². The number of pyridine rings is 1. The SMILES string of the molecule is CC1(C)CCN(Cc2ccnc(C(N)=S)c2)C1. The second kappa shape index (κ2) is 4.70. The monoisotopic (exact) mass is 249 g/mol. The van der Waals surface area contributed by atoms with Crippen LogP contribution in [0.3, 0.4) is 0 Å². The zero-order chi connectivity index (χ0) is 12.5. The van der Waals surface area contributed by atoms with Crippen LogP contribution in [0.2, 0.25) is 0 Å². The van der Waals surface area contributed by atoms with Crippen molar-refractivity contribution in [2.24, 2.45) is 11.1 Å². The van der Waals surface area contributed by atoms with Crippen molar-refractivity contribution in [1.82, 2.24) is 9.88 Å². The first-order valence-corrected chi connectivity index (χ1v) is 6.34. The Morgan fingerprint density at radius 2 is 2.35 bits per heavy atom. The standard InChI is InChI=1S/C13H19N3S/c1-13(2)4-6-16(9-13)8-10-3-5-15-11(7-10)12(14)17/h3,5,7H,4,6,8-9H2,1-2H3,(H2,14,17). The van der Waals surface area contributed by atoms with Gasteiger partial charge < -0.3 is 5.73 Å². The molecule has 92 valence electrons. The van der Waals surface area contributed by atoms with Gasteiger partial charge in [0, 0.05) is 19.3 Å². The fourth-order valence-electron chi connectivity index (χ4n) is 2.32. The highest BCUT2D eigenvalue weighted by atomic mass is 32.1. The average Bonchev–Trinajstić information content (AvgIpc) is 2.58. The number of hydrogen-bond acceptors (Lipinski definition) is 3. The van der Waals surface area contributed by atoms with Crippen molar-refractivity contribution in [3.63, 3.8) is 0 Å². The molecule has 1 aliphatic rings. The van der Waals surface area contributed by atoms with E-state index in [0.29, 0.717) is 10.4 Å². The lowest BCUT2D eigenvalue weighted by Crippen LogP contribution is -2.23. The third-order valence-electron chi connectivity index (χ3n) is 3.24. The van der Waals surface area contributed by atoms with Crippen LogP contribution in [-0.2, 0) is 6.54 Å². The van der Waals surface area contributed by atoms with Crippen LogP contribution in [0.25, 0.3) is 0 Å². The van der Waals surface area contributed by atoms with E-state index in [0.717, 1.165) is 25.3 Å². The third kappa shape index (κ3) is 3.23. The van der Waals surface area contributed by atoms with Gasteiger partial charge in [-0.3, -0.25) is 9.88 Å². The van der Waals surface area contributed by atoms with Crippen LogP contribution in [0.1, 0.15) is 31.5 Å². The maximum absolute atomic E-state index is 5.59. The van der Waals surface area contributed by atoms with Crippen LogP contribution >= 0.6 is 12.2 Å². The first kappa shape index (κ1) is 12.5. The molecule has 0 atom stereocenters. The molecule has 2 heterocycles. The lowest BCUT2D eigenvalue weighted by Gasteiger charge is -2.19. The van der Waals surface area contributed by atoms with Crippen molar-refractivity contribution in [3.05, 3.63) is 29.6 Å². The Hall–Kier alpha value is -1.00. The highest BCUT2D eigenvalue weighted by Crippen LogP contribution is 2.29. The van der Waals surface area contributed by atoms with Crippen molar-refractivity contribution in [1.29, 1.82) is 0 Å². The van der Waals surface area contributed by atoms with Crippen molar-refractivity contribution < 1.29 is 0 Å². The molecule has 0 spiro atoms. The first-order valence-electron chi connectivity index (χ1n) is 5.93. The molecule has 3 nitrogen and oxygen atoms in total. The van der Waals surface area contributed by atoms with Crippen LogP contribution in [0.15, 0.2) is 18.3 Å². The summed E-state index contributed by atoms with van der Waals surface area (Å²) in [4.78, 5) is 7.00. The van der Waals surface area contributed by atoms with Gasteiger partial charge in [0.05, 0.1) is 5.69 Å². The molecular formula is C13H19N3S. The predicted octanol–water partition coefficient (Wildman–Crippen LogP) is 1.95. The molecule has 0 saturated carbocycles. The van der Waals surface area contributed by atoms with Gasteiger partial charge in [0.25, 0.3) is 0 Å². The molecule has 0 bridgehead atoms. The van der Waals surface area contributed by atoms with Crippen molar-refractivity contribution in [3.8, 4) is 0 Å². The third-order valence-corrected chi connectivity index (χ3v) is 3.45. The minimum Gasteiger partial charge on any atom is -0.388 e. The number of aromatic nitrogens is 1. The molecule has 1 saturated heterocycles. The molecule has 0 amide bonds. The summed E-state index contributed by atoms with van der Waals surface area (Å²) < 4.78 is 0. The van der Waals surface area contributed by atoms with E-state index >= 15 is 0 Å². The largest absolute Gasteiger partial charge is 0.388 e. The molecule has 2 rings (SSSR count). The van der Waals surface area contributed by atoms with Gasteiger partial charge in [-0.1, -0.05) is 26.1 Å². The summed E-state index contributed by atoms with van der Waals surface area (Å²) in [5.41, 5.74) is 7.99. The van der Waals surface area contributed by atoms with Crippen LogP contribution in [-0.4, -0.2) is 28.0 Å². The summed E-state index contributed by atoms with van der Waals surface area (Å²) in [7, 11) is 0. The van der Waals surface area contributed by atoms with Gasteiger partial charge in [-0.15, -0.1) is 0 Å². The Labute approximate surface area is 108 Å². The van der Waals surface area contributed by atoms with E-state index in [1.165, 1.54) is 12.0 Å². The van der Waals surface area contributed by atoms with Crippen molar-refractivity contribution in [2.75, 3.05) is 13.1 Å². The highest BCUT2D eigenvalue weighted by molar-refractivity contribution is 7.80. The number of rotatable bonds is 3. The molecule has 1 aromatic rings. The lowest BCUT2D eigenvalue weighted by atomic mass is 9.93. The number of likely N-dealkylation sites (tertiary alicyclic amines) is 1. The van der Waals surface area contributed by atoms with Gasteiger partial charge in [-0.25, -0.2) is 0 Å². The number of thiocarbonyl (C=S) groups is 1. The van der Waals surface area contributed by atoms with E-state index < -0.39 is 0 Å². The maximum atomic E-state index is 5.59. The van der Waals surface area contributed by atoms with Gasteiger partial charge in [0.2, 0.25) is 0 Å². The summed E-state index contributed by atoms with van der Waals surface area (Å²) in [5.74, 6) is 0. The Bertz CT molecular complexity index is 428. The number of nitrogens with two attached hydrogens (primary N) is 1. The second-order valence-electron chi connectivity index (χ2n) is 5.54. The zero-order valence-corrected chi connectivity index (χ0v) is 11.3. The number of nitrogens with zero attached hydrogens (tertiary/aromatic N) is 2. The Kier molecular flexibility index (Phi) is 3.45. The van der Waals surface area contributed by atoms with Crippen LogP contribution in [0, 0.1) is 5.41 Å². The lowest BCUT2D eigenvalue weighted by molar-refractivity contribution is 0.284. The molecule has 0 aromatic carbocycles. The quantitative estimate of drug-likeness (QED) is 0.831. The molecule has 0 aliphatic carbocycles. The first-order chi connectivity index (χ1) is 7.96. The molecule has 17 heavy (non-hydrogen) atoms. The van der Waals surface area contributed by atoms with E-state index in [1.807, 2.05) is 12.1 Å². The summed E-state index contributed by atoms with van der Waals surface area (Å²) in [6, 6.07) is 4.03. The van der Waals surface area contributed by atoms with E-state index in [-0.39, 0.29) is 0 Å². The second-order valence-corrected chi connectivity index (χ2v) is 5.98. The van der Waals surface area contributed by atoms with Gasteiger partial charge in [-0.2, -0.15) is 0 Å². The molecule has 4 heteroatoms. The Morgan fingerprint density at radius 1 is 1.59 bits per heavy atom. The summed E-state index contributed by atoms with van der Waals surface area (Å²) in [6.07, 6.45) is 3.05. The van der Waals surface area contributed by atoms with Gasteiger partial charge >= 0.3 is 0 Å². The van der Waals surface area contributed by atoms with Gasteiger partial charge in [0.1, 0.15) is 4.99 Å². The topological polar surface area (TPSA) is 42.2 Å². The Balaban J connectivity index is 2.04. The maximum Gasteiger partial charge on any atom is 0.122 e. The Morgan fingerprint density at radius 3 is 2.94 bits per heavy atom. The smallest absolute Gasteiger partial charge is 0.122 e. The molecule has 0 radical (unpaired) electrons. The summed E-state index contributed by atoms with van der Waals surface area (Å²) in [5, 5.41) is 0. The molecule has 0 unspecified atom stereocenters. The molecule has 2 N–H and O–H groups in total. The van der Waals surface area contributed by atoms with Gasteiger partial charge in [0.15, 0.2) is 0 Å². The minimum atomic E-state index is 0.369. The van der Waals surface area contributed by atoms with Crippen LogP contribution < -0.4 is 5.73 Å². The molecule has 1 aromatic heterocycles. The predicted molar refractivity (Wildman–Crippen MR) is 73.8 cm³/mol. The minimum absolute atomic E-state index is 0.369. The normalized spacial score (nSPS) is 19.4. The zero-order valence-electron chi connectivity index (χ0n) is 10.4. The molecular weight excluding hydrogens is 230 g/mol. The van der Waals surface area contributed by atoms with E-state index in [9.17, 15) is 0 Å². The summed E-state index contributed by atoms with van der Waals surface area (Å²) >= 11 is 4.94.